The Hall–Kier alpha value is -4.07. The molecule has 1 atom stereocenters. The van der Waals surface area contributed by atoms with E-state index in [0.717, 1.165) is 5.56 Å². The highest BCUT2D eigenvalue weighted by Crippen LogP contribution is 2.25. The third kappa shape index (κ3) is 5.96. The van der Waals surface area contributed by atoms with E-state index in [-0.39, 0.29) is 28.7 Å². The van der Waals surface area contributed by atoms with Crippen molar-refractivity contribution < 1.29 is 19.1 Å². The fourth-order valence-corrected chi connectivity index (χ4v) is 2.95. The van der Waals surface area contributed by atoms with E-state index < -0.39 is 11.9 Å². The molecule has 0 fully saturated rings. The Balaban J connectivity index is 1.72. The van der Waals surface area contributed by atoms with Gasteiger partial charge >= 0.3 is 5.97 Å². The molecule has 3 aromatic rings. The number of amides is 1. The maximum atomic E-state index is 12.6. The molecule has 0 aliphatic rings. The van der Waals surface area contributed by atoms with Crippen LogP contribution < -0.4 is 10.1 Å². The molecule has 2 aromatic carbocycles. The summed E-state index contributed by atoms with van der Waals surface area (Å²) < 4.78 is 10.5. The first-order chi connectivity index (χ1) is 15.0. The summed E-state index contributed by atoms with van der Waals surface area (Å²) in [7, 11) is 1.27. The van der Waals surface area contributed by atoms with Crippen LogP contribution in [-0.2, 0) is 11.2 Å². The van der Waals surface area contributed by atoms with Crippen molar-refractivity contribution in [3.8, 4) is 5.75 Å². The van der Waals surface area contributed by atoms with Crippen LogP contribution >= 0.6 is 0 Å². The second-order valence-electron chi connectivity index (χ2n) is 6.80. The number of methoxy groups -OCH3 is 1. The molecule has 8 heteroatoms. The molecule has 0 bridgehead atoms. The van der Waals surface area contributed by atoms with Gasteiger partial charge in [-0.15, -0.1) is 4.91 Å². The number of rotatable bonds is 8. The zero-order chi connectivity index (χ0) is 22.2. The van der Waals surface area contributed by atoms with E-state index in [2.05, 4.69) is 20.2 Å². The van der Waals surface area contributed by atoms with Gasteiger partial charge in [0, 0.05) is 24.2 Å². The Morgan fingerprint density at radius 1 is 1.06 bits per heavy atom. The van der Waals surface area contributed by atoms with Crippen molar-refractivity contribution in [2.45, 2.75) is 19.4 Å². The van der Waals surface area contributed by atoms with E-state index >= 15 is 0 Å². The molecule has 31 heavy (non-hydrogen) atoms. The number of aromatic nitrogens is 1. The minimum absolute atomic E-state index is 0.0727. The van der Waals surface area contributed by atoms with Gasteiger partial charge in [0.25, 0.3) is 5.91 Å². The molecule has 0 saturated heterocycles. The minimum atomic E-state index is -0.526. The number of ether oxygens (including phenoxy) is 2. The van der Waals surface area contributed by atoms with Gasteiger partial charge in [0.15, 0.2) is 0 Å². The number of hydrogen-bond acceptors (Lipinski definition) is 7. The molecule has 158 valence electrons. The molecule has 1 heterocycles. The molecule has 1 N–H and O–H groups in total. The zero-order valence-corrected chi connectivity index (χ0v) is 17.1. The van der Waals surface area contributed by atoms with Crippen molar-refractivity contribution in [3.05, 3.63) is 88.5 Å². The molecular formula is C23H21N3O5. The predicted molar refractivity (Wildman–Crippen MR) is 116 cm³/mol. The first-order valence-electron chi connectivity index (χ1n) is 9.53. The number of nitrogens with zero attached hydrogens (tertiary/aromatic N) is 2. The Labute approximate surface area is 179 Å². The molecule has 0 aliphatic carbocycles. The summed E-state index contributed by atoms with van der Waals surface area (Å²) in [5.41, 5.74) is 1.64. The SMILES string of the molecule is COC(=O)c1ccc(NC(=O)c2cc(N=O)cc(OC(C)Cc3ccccc3)c2)nc1. The van der Waals surface area contributed by atoms with Crippen molar-refractivity contribution in [1.82, 2.24) is 4.98 Å². The van der Waals surface area contributed by atoms with Gasteiger partial charge in [-0.1, -0.05) is 30.3 Å². The van der Waals surface area contributed by atoms with Crippen LogP contribution in [0.15, 0.2) is 72.0 Å². The van der Waals surface area contributed by atoms with Crippen LogP contribution in [0.3, 0.4) is 0 Å². The van der Waals surface area contributed by atoms with E-state index in [1.807, 2.05) is 37.3 Å². The topological polar surface area (TPSA) is 107 Å². The Bertz CT molecular complexity index is 1070. The van der Waals surface area contributed by atoms with Crippen molar-refractivity contribution in [1.29, 1.82) is 0 Å². The van der Waals surface area contributed by atoms with Gasteiger partial charge in [-0.05, 0) is 41.9 Å². The van der Waals surface area contributed by atoms with Gasteiger partial charge in [0.1, 0.15) is 17.3 Å². The molecule has 8 nitrogen and oxygen atoms in total. The highest BCUT2D eigenvalue weighted by molar-refractivity contribution is 6.04. The molecular weight excluding hydrogens is 398 g/mol. The molecule has 0 radical (unpaired) electrons. The normalized spacial score (nSPS) is 11.3. The molecule has 0 spiro atoms. The van der Waals surface area contributed by atoms with Gasteiger partial charge in [0.05, 0.1) is 18.8 Å². The lowest BCUT2D eigenvalue weighted by molar-refractivity contribution is 0.0600. The summed E-state index contributed by atoms with van der Waals surface area (Å²) in [5.74, 6) is -0.423. The fourth-order valence-electron chi connectivity index (χ4n) is 2.95. The lowest BCUT2D eigenvalue weighted by Gasteiger charge is -2.16. The van der Waals surface area contributed by atoms with Crippen molar-refractivity contribution in [2.24, 2.45) is 5.18 Å². The van der Waals surface area contributed by atoms with Gasteiger partial charge in [-0.3, -0.25) is 4.79 Å². The lowest BCUT2D eigenvalue weighted by atomic mass is 10.1. The number of anilines is 1. The van der Waals surface area contributed by atoms with Gasteiger partial charge < -0.3 is 14.8 Å². The number of esters is 1. The molecule has 0 aliphatic heterocycles. The maximum absolute atomic E-state index is 12.6. The second kappa shape index (κ2) is 10.1. The Morgan fingerprint density at radius 3 is 2.48 bits per heavy atom. The van der Waals surface area contributed by atoms with Crippen LogP contribution in [0.1, 0.15) is 33.2 Å². The minimum Gasteiger partial charge on any atom is -0.490 e. The van der Waals surface area contributed by atoms with Crippen molar-refractivity contribution >= 4 is 23.4 Å². The number of carbonyl (C=O) groups excluding carboxylic acids is 2. The summed E-state index contributed by atoms with van der Waals surface area (Å²) >= 11 is 0. The summed E-state index contributed by atoms with van der Waals surface area (Å²) in [6.45, 7) is 1.90. The summed E-state index contributed by atoms with van der Waals surface area (Å²) in [6.07, 6.45) is 1.77. The third-order valence-corrected chi connectivity index (χ3v) is 4.39. The van der Waals surface area contributed by atoms with Crippen molar-refractivity contribution in [3.63, 3.8) is 0 Å². The number of carbonyl (C=O) groups is 2. The summed E-state index contributed by atoms with van der Waals surface area (Å²) in [6, 6.07) is 17.2. The van der Waals surface area contributed by atoms with Crippen molar-refractivity contribution in [2.75, 3.05) is 12.4 Å². The number of nitrogens with one attached hydrogen (secondary N) is 1. The van der Waals surface area contributed by atoms with Gasteiger partial charge in [-0.2, -0.15) is 0 Å². The molecule has 0 saturated carbocycles. The van der Waals surface area contributed by atoms with Crippen LogP contribution in [-0.4, -0.2) is 30.1 Å². The maximum Gasteiger partial charge on any atom is 0.339 e. The largest absolute Gasteiger partial charge is 0.490 e. The van der Waals surface area contributed by atoms with Crippen LogP contribution in [0.5, 0.6) is 5.75 Å². The van der Waals surface area contributed by atoms with E-state index in [4.69, 9.17) is 4.74 Å². The van der Waals surface area contributed by atoms with E-state index in [1.165, 1.54) is 43.6 Å². The monoisotopic (exact) mass is 419 g/mol. The van der Waals surface area contributed by atoms with E-state index in [9.17, 15) is 14.5 Å². The molecule has 1 amide bonds. The number of hydrogen-bond donors (Lipinski definition) is 1. The van der Waals surface area contributed by atoms with E-state index in [1.54, 1.807) is 0 Å². The van der Waals surface area contributed by atoms with E-state index in [0.29, 0.717) is 12.2 Å². The summed E-state index contributed by atoms with van der Waals surface area (Å²) in [4.78, 5) is 39.2. The third-order valence-electron chi connectivity index (χ3n) is 4.39. The number of pyridine rings is 1. The van der Waals surface area contributed by atoms with Crippen LogP contribution in [0.4, 0.5) is 11.5 Å². The molecule has 3 rings (SSSR count). The average molecular weight is 419 g/mol. The standard InChI is InChI=1S/C23H21N3O5/c1-15(10-16-6-4-3-5-7-16)31-20-12-18(11-19(13-20)26-29)22(27)25-21-9-8-17(14-24-21)23(28)30-2/h3-9,11-15H,10H2,1-2H3,(H,24,25,27). The molecule has 1 aromatic heterocycles. The first-order valence-corrected chi connectivity index (χ1v) is 9.53. The van der Waals surface area contributed by atoms with Crippen LogP contribution in [0.2, 0.25) is 0 Å². The average Bonchev–Trinajstić information content (AvgIpc) is 2.79. The Morgan fingerprint density at radius 2 is 1.84 bits per heavy atom. The Kier molecular flexibility index (Phi) is 7.05. The highest BCUT2D eigenvalue weighted by Gasteiger charge is 2.14. The van der Waals surface area contributed by atoms with Gasteiger partial charge in [0.2, 0.25) is 0 Å². The summed E-state index contributed by atoms with van der Waals surface area (Å²) in [5, 5.41) is 5.55. The van der Waals surface area contributed by atoms with Gasteiger partial charge in [-0.25, -0.2) is 9.78 Å². The fraction of sp³-hybridized carbons (Fsp3) is 0.174. The number of nitroso groups, excluding NO2 is 1. The second-order valence-corrected chi connectivity index (χ2v) is 6.80. The smallest absolute Gasteiger partial charge is 0.339 e. The predicted octanol–water partition coefficient (Wildman–Crippen LogP) is 4.53. The highest BCUT2D eigenvalue weighted by atomic mass is 16.5. The lowest BCUT2D eigenvalue weighted by Crippen LogP contribution is -2.16. The zero-order valence-electron chi connectivity index (χ0n) is 17.1. The van der Waals surface area contributed by atoms with Crippen LogP contribution in [0, 0.1) is 4.91 Å². The molecule has 1 unspecified atom stereocenters. The quantitative estimate of drug-likeness (QED) is 0.425. The van der Waals surface area contributed by atoms with Crippen LogP contribution in [0.25, 0.3) is 0 Å². The number of benzene rings is 2. The first kappa shape index (κ1) is 21.6.